The molecule has 119 valence electrons. The van der Waals surface area contributed by atoms with Crippen LogP contribution in [0.1, 0.15) is 15.9 Å². The van der Waals surface area contributed by atoms with Gasteiger partial charge in [0, 0.05) is 31.7 Å². The van der Waals surface area contributed by atoms with Crippen LogP contribution in [0.3, 0.4) is 0 Å². The molecule has 1 fully saturated rings. The number of hydrogen-bond acceptors (Lipinski definition) is 3. The minimum Gasteiger partial charge on any atom is -0.495 e. The Kier molecular flexibility index (Phi) is 4.51. The summed E-state index contributed by atoms with van der Waals surface area (Å²) in [6.45, 7) is 6.88. The number of rotatable bonds is 3. The van der Waals surface area contributed by atoms with Crippen molar-refractivity contribution in [3.05, 3.63) is 66.6 Å². The van der Waals surface area contributed by atoms with E-state index in [0.29, 0.717) is 13.1 Å². The summed E-state index contributed by atoms with van der Waals surface area (Å²) >= 11 is 0. The number of piperazine rings is 1. The van der Waals surface area contributed by atoms with Crippen molar-refractivity contribution in [1.29, 1.82) is 0 Å². The second-order valence-corrected chi connectivity index (χ2v) is 5.65. The van der Waals surface area contributed by atoms with Crippen LogP contribution in [-0.4, -0.2) is 44.1 Å². The zero-order valence-electron chi connectivity index (χ0n) is 13.4. The van der Waals surface area contributed by atoms with Crippen molar-refractivity contribution in [2.24, 2.45) is 0 Å². The summed E-state index contributed by atoms with van der Waals surface area (Å²) in [5.74, 6) is 0.961. The second kappa shape index (κ2) is 6.73. The summed E-state index contributed by atoms with van der Waals surface area (Å²) < 4.78 is 5.43. The predicted octanol–water partition coefficient (Wildman–Crippen LogP) is 2.84. The van der Waals surface area contributed by atoms with Crippen molar-refractivity contribution in [3.8, 4) is 5.75 Å². The van der Waals surface area contributed by atoms with Crippen molar-refractivity contribution in [2.45, 2.75) is 0 Å². The van der Waals surface area contributed by atoms with Gasteiger partial charge in [0.1, 0.15) is 5.75 Å². The zero-order valence-corrected chi connectivity index (χ0v) is 13.4. The van der Waals surface area contributed by atoms with Crippen molar-refractivity contribution < 1.29 is 9.53 Å². The highest BCUT2D eigenvalue weighted by atomic mass is 16.5. The Morgan fingerprint density at radius 2 is 1.65 bits per heavy atom. The SMILES string of the molecule is [CH2]c1ccc(C(=O)N2CCN(c3ccccc3OC)CC2)cc1. The fourth-order valence-electron chi connectivity index (χ4n) is 2.87. The Morgan fingerprint density at radius 3 is 2.30 bits per heavy atom. The minimum absolute atomic E-state index is 0.0877. The molecule has 0 spiro atoms. The number of anilines is 1. The predicted molar refractivity (Wildman–Crippen MR) is 92.0 cm³/mol. The third-order valence-electron chi connectivity index (χ3n) is 4.19. The number of benzene rings is 2. The molecule has 4 nitrogen and oxygen atoms in total. The van der Waals surface area contributed by atoms with E-state index in [2.05, 4.69) is 17.9 Å². The molecule has 1 heterocycles. The number of para-hydroxylation sites is 2. The van der Waals surface area contributed by atoms with Crippen LogP contribution in [-0.2, 0) is 0 Å². The molecule has 4 heteroatoms. The molecule has 3 rings (SSSR count). The van der Waals surface area contributed by atoms with Gasteiger partial charge in [-0.05, 0) is 36.8 Å². The van der Waals surface area contributed by atoms with Gasteiger partial charge in [-0.15, -0.1) is 0 Å². The van der Waals surface area contributed by atoms with E-state index in [-0.39, 0.29) is 5.91 Å². The van der Waals surface area contributed by atoms with Crippen molar-refractivity contribution in [1.82, 2.24) is 4.90 Å². The first-order valence-electron chi connectivity index (χ1n) is 7.78. The average Bonchev–Trinajstić information content (AvgIpc) is 2.62. The molecule has 0 aromatic heterocycles. The number of ether oxygens (including phenoxy) is 1. The third-order valence-corrected chi connectivity index (χ3v) is 4.19. The second-order valence-electron chi connectivity index (χ2n) is 5.65. The van der Waals surface area contributed by atoms with Crippen LogP contribution < -0.4 is 9.64 Å². The van der Waals surface area contributed by atoms with Crippen molar-refractivity contribution in [2.75, 3.05) is 38.2 Å². The van der Waals surface area contributed by atoms with Gasteiger partial charge in [0.25, 0.3) is 5.91 Å². The smallest absolute Gasteiger partial charge is 0.253 e. The van der Waals surface area contributed by atoms with Gasteiger partial charge in [-0.25, -0.2) is 0 Å². The fourth-order valence-corrected chi connectivity index (χ4v) is 2.87. The lowest BCUT2D eigenvalue weighted by molar-refractivity contribution is 0.0746. The van der Waals surface area contributed by atoms with Crippen molar-refractivity contribution >= 4 is 11.6 Å². The molecular weight excluding hydrogens is 288 g/mol. The topological polar surface area (TPSA) is 32.8 Å². The zero-order chi connectivity index (χ0) is 16.2. The molecule has 23 heavy (non-hydrogen) atoms. The number of nitrogens with zero attached hydrogens (tertiary/aromatic N) is 2. The monoisotopic (exact) mass is 309 g/mol. The fraction of sp³-hybridized carbons (Fsp3) is 0.263. The number of carbonyl (C=O) groups is 1. The van der Waals surface area contributed by atoms with Crippen LogP contribution in [0.2, 0.25) is 0 Å². The Balaban J connectivity index is 1.66. The summed E-state index contributed by atoms with van der Waals surface area (Å²) in [5, 5.41) is 0. The third kappa shape index (κ3) is 3.31. The van der Waals surface area contributed by atoms with Gasteiger partial charge < -0.3 is 14.5 Å². The first-order chi connectivity index (χ1) is 11.2. The molecule has 0 N–H and O–H groups in total. The molecule has 1 aliphatic rings. The van der Waals surface area contributed by atoms with Crippen molar-refractivity contribution in [3.63, 3.8) is 0 Å². The Hall–Kier alpha value is -2.49. The molecule has 0 atom stereocenters. The van der Waals surface area contributed by atoms with E-state index in [1.165, 1.54) is 0 Å². The van der Waals surface area contributed by atoms with E-state index < -0.39 is 0 Å². The van der Waals surface area contributed by atoms with Crippen LogP contribution >= 0.6 is 0 Å². The van der Waals surface area contributed by atoms with E-state index in [1.807, 2.05) is 47.4 Å². The standard InChI is InChI=1S/C19H21N2O2/c1-15-7-9-16(10-8-15)19(22)21-13-11-20(12-14-21)17-5-3-4-6-18(17)23-2/h3-10H,1,11-14H2,2H3. The summed E-state index contributed by atoms with van der Waals surface area (Å²) in [7, 11) is 1.69. The number of hydrogen-bond donors (Lipinski definition) is 0. The van der Waals surface area contributed by atoms with E-state index in [9.17, 15) is 4.79 Å². The van der Waals surface area contributed by atoms with Gasteiger partial charge in [0.15, 0.2) is 0 Å². The molecule has 0 saturated carbocycles. The first-order valence-corrected chi connectivity index (χ1v) is 7.78. The van der Waals surface area contributed by atoms with Gasteiger partial charge in [0.2, 0.25) is 0 Å². The lowest BCUT2D eigenvalue weighted by Gasteiger charge is -2.36. The number of carbonyl (C=O) groups excluding carboxylic acids is 1. The lowest BCUT2D eigenvalue weighted by atomic mass is 10.1. The number of methoxy groups -OCH3 is 1. The van der Waals surface area contributed by atoms with Crippen LogP contribution in [0.5, 0.6) is 5.75 Å². The summed E-state index contributed by atoms with van der Waals surface area (Å²) in [6, 6.07) is 15.4. The van der Waals surface area contributed by atoms with E-state index in [0.717, 1.165) is 35.7 Å². The summed E-state index contributed by atoms with van der Waals surface area (Å²) in [4.78, 5) is 16.7. The summed E-state index contributed by atoms with van der Waals surface area (Å²) in [5.41, 5.74) is 2.73. The minimum atomic E-state index is 0.0877. The highest BCUT2D eigenvalue weighted by molar-refractivity contribution is 5.94. The Labute approximate surface area is 137 Å². The Bertz CT molecular complexity index is 674. The summed E-state index contributed by atoms with van der Waals surface area (Å²) in [6.07, 6.45) is 0. The maximum atomic E-state index is 12.5. The number of amides is 1. The first kappa shape index (κ1) is 15.4. The molecule has 0 bridgehead atoms. The quantitative estimate of drug-likeness (QED) is 0.874. The van der Waals surface area contributed by atoms with Crippen LogP contribution in [0, 0.1) is 6.92 Å². The maximum Gasteiger partial charge on any atom is 0.253 e. The average molecular weight is 309 g/mol. The lowest BCUT2D eigenvalue weighted by Crippen LogP contribution is -2.48. The van der Waals surface area contributed by atoms with E-state index >= 15 is 0 Å². The molecule has 0 unspecified atom stereocenters. The van der Waals surface area contributed by atoms with Gasteiger partial charge in [-0.3, -0.25) is 4.79 Å². The molecule has 1 radical (unpaired) electrons. The molecule has 1 amide bonds. The van der Waals surface area contributed by atoms with Crippen LogP contribution in [0.25, 0.3) is 0 Å². The van der Waals surface area contributed by atoms with Crippen LogP contribution in [0.15, 0.2) is 48.5 Å². The molecule has 0 aliphatic carbocycles. The highest BCUT2D eigenvalue weighted by Crippen LogP contribution is 2.28. The highest BCUT2D eigenvalue weighted by Gasteiger charge is 2.23. The van der Waals surface area contributed by atoms with E-state index in [4.69, 9.17) is 4.74 Å². The van der Waals surface area contributed by atoms with Gasteiger partial charge in [-0.1, -0.05) is 24.3 Å². The van der Waals surface area contributed by atoms with Gasteiger partial charge in [-0.2, -0.15) is 0 Å². The van der Waals surface area contributed by atoms with Crippen LogP contribution in [0.4, 0.5) is 5.69 Å². The van der Waals surface area contributed by atoms with Gasteiger partial charge in [0.05, 0.1) is 12.8 Å². The molecule has 2 aromatic carbocycles. The maximum absolute atomic E-state index is 12.5. The molecule has 1 aliphatic heterocycles. The molecule has 2 aromatic rings. The van der Waals surface area contributed by atoms with E-state index in [1.54, 1.807) is 7.11 Å². The molecular formula is C19H21N2O2. The van der Waals surface area contributed by atoms with Gasteiger partial charge >= 0.3 is 0 Å². The molecule has 1 saturated heterocycles. The largest absolute Gasteiger partial charge is 0.495 e. The Morgan fingerprint density at radius 1 is 1.00 bits per heavy atom. The normalized spacial score (nSPS) is 14.7.